The molecule has 100 valence electrons. The number of rotatable bonds is 2. The molecule has 0 saturated heterocycles. The van der Waals surface area contributed by atoms with Gasteiger partial charge in [0.2, 0.25) is 0 Å². The lowest BCUT2D eigenvalue weighted by Gasteiger charge is -2.07. The highest BCUT2D eigenvalue weighted by atomic mass is 79.9. The number of halogens is 2. The number of tetrazole rings is 1. The number of anilines is 1. The maximum Gasteiger partial charge on any atom is 0.190 e. The number of hydrogen-bond acceptors (Lipinski definition) is 4. The molecule has 2 aromatic carbocycles. The molecule has 3 rings (SSSR count). The van der Waals surface area contributed by atoms with Crippen molar-refractivity contribution in [3.63, 3.8) is 0 Å². The summed E-state index contributed by atoms with van der Waals surface area (Å²) in [7, 11) is 0. The van der Waals surface area contributed by atoms with Crippen LogP contribution in [0.5, 0.6) is 0 Å². The van der Waals surface area contributed by atoms with Gasteiger partial charge in [-0.2, -0.15) is 4.68 Å². The van der Waals surface area contributed by atoms with E-state index in [9.17, 15) is 4.39 Å². The van der Waals surface area contributed by atoms with Crippen LogP contribution in [0.3, 0.4) is 0 Å². The van der Waals surface area contributed by atoms with E-state index < -0.39 is 5.82 Å². The predicted octanol–water partition coefficient (Wildman–Crippen LogP) is 2.81. The van der Waals surface area contributed by atoms with Crippen LogP contribution in [0, 0.1) is 5.82 Å². The van der Waals surface area contributed by atoms with Gasteiger partial charge in [-0.3, -0.25) is 0 Å². The number of nitrogen functional groups attached to an aromatic ring is 1. The van der Waals surface area contributed by atoms with Crippen molar-refractivity contribution in [2.75, 3.05) is 5.73 Å². The molecule has 0 spiro atoms. The summed E-state index contributed by atoms with van der Waals surface area (Å²) in [6, 6.07) is 11.8. The van der Waals surface area contributed by atoms with Crippen molar-refractivity contribution in [3.05, 3.63) is 52.8 Å². The van der Waals surface area contributed by atoms with E-state index in [1.54, 1.807) is 12.1 Å². The summed E-state index contributed by atoms with van der Waals surface area (Å²) in [4.78, 5) is 0. The normalized spacial score (nSPS) is 10.7. The van der Waals surface area contributed by atoms with Crippen molar-refractivity contribution in [1.82, 2.24) is 20.2 Å². The highest BCUT2D eigenvalue weighted by Gasteiger charge is 2.16. The van der Waals surface area contributed by atoms with Gasteiger partial charge in [0, 0.05) is 10.2 Å². The van der Waals surface area contributed by atoms with Crippen LogP contribution < -0.4 is 5.73 Å². The number of nitrogens with two attached hydrogens (primary N) is 1. The van der Waals surface area contributed by atoms with E-state index in [-0.39, 0.29) is 0 Å². The van der Waals surface area contributed by atoms with Gasteiger partial charge in [-0.05, 0) is 56.7 Å². The Labute approximate surface area is 122 Å². The second-order valence-electron chi connectivity index (χ2n) is 4.10. The lowest BCUT2D eigenvalue weighted by Crippen LogP contribution is -2.02. The number of para-hydroxylation sites is 1. The zero-order valence-corrected chi connectivity index (χ0v) is 11.7. The molecule has 0 aliphatic carbocycles. The van der Waals surface area contributed by atoms with Gasteiger partial charge in [0.25, 0.3) is 0 Å². The van der Waals surface area contributed by atoms with Gasteiger partial charge in [0.05, 0.1) is 11.3 Å². The molecule has 0 saturated carbocycles. The van der Waals surface area contributed by atoms with Gasteiger partial charge in [-0.25, -0.2) is 4.39 Å². The Hall–Kier alpha value is -2.28. The first-order valence-electron chi connectivity index (χ1n) is 5.75. The Morgan fingerprint density at radius 2 is 1.95 bits per heavy atom. The summed E-state index contributed by atoms with van der Waals surface area (Å²) < 4.78 is 16.3. The Balaban J connectivity index is 2.18. The van der Waals surface area contributed by atoms with Crippen LogP contribution in [-0.2, 0) is 0 Å². The van der Waals surface area contributed by atoms with E-state index in [4.69, 9.17) is 5.73 Å². The first-order valence-corrected chi connectivity index (χ1v) is 6.55. The second kappa shape index (κ2) is 5.01. The Morgan fingerprint density at radius 3 is 2.70 bits per heavy atom. The minimum atomic E-state index is -0.465. The average molecular weight is 334 g/mol. The molecule has 0 radical (unpaired) electrons. The molecule has 0 fully saturated rings. The van der Waals surface area contributed by atoms with Gasteiger partial charge < -0.3 is 5.73 Å². The fourth-order valence-corrected chi connectivity index (χ4v) is 2.31. The van der Waals surface area contributed by atoms with E-state index in [2.05, 4.69) is 31.5 Å². The molecule has 3 aromatic rings. The van der Waals surface area contributed by atoms with Gasteiger partial charge in [0.15, 0.2) is 5.82 Å². The first kappa shape index (κ1) is 12.7. The Morgan fingerprint density at radius 1 is 1.15 bits per heavy atom. The van der Waals surface area contributed by atoms with Crippen molar-refractivity contribution in [2.24, 2.45) is 0 Å². The van der Waals surface area contributed by atoms with Gasteiger partial charge in [0.1, 0.15) is 5.82 Å². The zero-order valence-electron chi connectivity index (χ0n) is 10.2. The summed E-state index contributed by atoms with van der Waals surface area (Å²) in [5.74, 6) is -0.150. The highest BCUT2D eigenvalue weighted by molar-refractivity contribution is 9.10. The van der Waals surface area contributed by atoms with E-state index in [1.807, 2.05) is 24.3 Å². The average Bonchev–Trinajstić information content (AvgIpc) is 2.88. The van der Waals surface area contributed by atoms with E-state index in [0.717, 1.165) is 10.2 Å². The summed E-state index contributed by atoms with van der Waals surface area (Å²) in [5, 5.41) is 11.4. The number of benzene rings is 2. The summed E-state index contributed by atoms with van der Waals surface area (Å²) in [5.41, 5.74) is 6.92. The molecular weight excluding hydrogens is 325 g/mol. The van der Waals surface area contributed by atoms with E-state index >= 15 is 0 Å². The summed E-state index contributed by atoms with van der Waals surface area (Å²) in [6.07, 6.45) is 0. The van der Waals surface area contributed by atoms with Crippen molar-refractivity contribution < 1.29 is 4.39 Å². The number of nitrogens with zero attached hydrogens (tertiary/aromatic N) is 4. The molecular formula is C13H9BrFN5. The second-order valence-corrected chi connectivity index (χ2v) is 4.96. The maximum absolute atomic E-state index is 14.0. The third kappa shape index (κ3) is 2.16. The smallest absolute Gasteiger partial charge is 0.190 e. The molecule has 0 unspecified atom stereocenters. The minimum absolute atomic E-state index is 0.292. The molecule has 0 bridgehead atoms. The van der Waals surface area contributed by atoms with Gasteiger partial charge >= 0.3 is 0 Å². The topological polar surface area (TPSA) is 69.6 Å². The van der Waals surface area contributed by atoms with Crippen LogP contribution in [0.25, 0.3) is 17.1 Å². The molecule has 5 nitrogen and oxygen atoms in total. The molecule has 2 N–H and O–H groups in total. The van der Waals surface area contributed by atoms with Crippen LogP contribution in [-0.4, -0.2) is 20.2 Å². The van der Waals surface area contributed by atoms with Crippen molar-refractivity contribution >= 4 is 21.6 Å². The lowest BCUT2D eigenvalue weighted by atomic mass is 10.2. The fourth-order valence-electron chi connectivity index (χ4n) is 1.85. The third-order valence-electron chi connectivity index (χ3n) is 2.78. The largest absolute Gasteiger partial charge is 0.399 e. The fraction of sp³-hybridized carbons (Fsp3) is 0. The number of hydrogen-bond donors (Lipinski definition) is 1. The first-order chi connectivity index (χ1) is 9.66. The summed E-state index contributed by atoms with van der Waals surface area (Å²) >= 11 is 3.42. The Kier molecular flexibility index (Phi) is 3.19. The summed E-state index contributed by atoms with van der Waals surface area (Å²) in [6.45, 7) is 0. The zero-order chi connectivity index (χ0) is 14.1. The molecule has 0 atom stereocenters. The standard InChI is InChI=1S/C13H9BrFN5/c14-10-3-1-2-4-12(10)20-13(17-18-19-20)9-6-5-8(16)7-11(9)15/h1-7H,16H2. The van der Waals surface area contributed by atoms with Crippen LogP contribution in [0.15, 0.2) is 46.9 Å². The molecule has 0 aliphatic rings. The van der Waals surface area contributed by atoms with Crippen molar-refractivity contribution in [2.45, 2.75) is 0 Å². The highest BCUT2D eigenvalue weighted by Crippen LogP contribution is 2.27. The molecule has 7 heteroatoms. The molecule has 1 heterocycles. The van der Waals surface area contributed by atoms with Crippen LogP contribution in [0.4, 0.5) is 10.1 Å². The van der Waals surface area contributed by atoms with Gasteiger partial charge in [-0.15, -0.1) is 5.10 Å². The molecule has 0 amide bonds. The maximum atomic E-state index is 14.0. The quantitative estimate of drug-likeness (QED) is 0.732. The Bertz CT molecular complexity index is 771. The SMILES string of the molecule is Nc1ccc(-c2nnnn2-c2ccccc2Br)c(F)c1. The van der Waals surface area contributed by atoms with Crippen molar-refractivity contribution in [3.8, 4) is 17.1 Å². The monoisotopic (exact) mass is 333 g/mol. The minimum Gasteiger partial charge on any atom is -0.399 e. The van der Waals surface area contributed by atoms with Crippen LogP contribution in [0.2, 0.25) is 0 Å². The number of aromatic nitrogens is 4. The van der Waals surface area contributed by atoms with Crippen LogP contribution >= 0.6 is 15.9 Å². The molecule has 20 heavy (non-hydrogen) atoms. The van der Waals surface area contributed by atoms with Gasteiger partial charge in [-0.1, -0.05) is 12.1 Å². The van der Waals surface area contributed by atoms with E-state index in [0.29, 0.717) is 17.1 Å². The molecule has 0 aliphatic heterocycles. The van der Waals surface area contributed by atoms with Crippen molar-refractivity contribution in [1.29, 1.82) is 0 Å². The lowest BCUT2D eigenvalue weighted by molar-refractivity contribution is 0.629. The van der Waals surface area contributed by atoms with E-state index in [1.165, 1.54) is 10.7 Å². The van der Waals surface area contributed by atoms with Crippen LogP contribution in [0.1, 0.15) is 0 Å². The predicted molar refractivity (Wildman–Crippen MR) is 76.7 cm³/mol. The third-order valence-corrected chi connectivity index (χ3v) is 3.45. The molecule has 1 aromatic heterocycles.